The lowest BCUT2D eigenvalue weighted by Gasteiger charge is -2.39. The van der Waals surface area contributed by atoms with E-state index in [0.29, 0.717) is 13.0 Å². The summed E-state index contributed by atoms with van der Waals surface area (Å²) in [6.07, 6.45) is -0.123. The number of amides is 2. The summed E-state index contributed by atoms with van der Waals surface area (Å²) in [6.45, 7) is -2.02. The Hall–Kier alpha value is -1.24. The standard InChI is InChI=1S/C9H12F2N2O3/c10-9(11)16-5-3-13(4-5)8(15)6-1-2-12-7(6)14/h5-6,9H,1-4H2,(H,12,14). The molecule has 2 saturated heterocycles. The van der Waals surface area contributed by atoms with Crippen molar-refractivity contribution >= 4 is 11.8 Å². The van der Waals surface area contributed by atoms with Crippen molar-refractivity contribution in [2.24, 2.45) is 5.92 Å². The number of alkyl halides is 2. The Balaban J connectivity index is 1.79. The topological polar surface area (TPSA) is 58.6 Å². The van der Waals surface area contributed by atoms with Crippen molar-refractivity contribution in [3.8, 4) is 0 Å². The van der Waals surface area contributed by atoms with E-state index in [9.17, 15) is 18.4 Å². The van der Waals surface area contributed by atoms with Gasteiger partial charge >= 0.3 is 6.61 Å². The van der Waals surface area contributed by atoms with Gasteiger partial charge < -0.3 is 15.0 Å². The largest absolute Gasteiger partial charge is 0.355 e. The molecule has 0 aromatic heterocycles. The van der Waals surface area contributed by atoms with E-state index in [0.717, 1.165) is 0 Å². The number of ether oxygens (including phenoxy) is 1. The Labute approximate surface area is 90.7 Å². The maximum Gasteiger partial charge on any atom is 0.345 e. The van der Waals surface area contributed by atoms with E-state index in [1.807, 2.05) is 0 Å². The van der Waals surface area contributed by atoms with Gasteiger partial charge in [0.2, 0.25) is 11.8 Å². The Morgan fingerprint density at radius 3 is 2.69 bits per heavy atom. The normalized spacial score (nSPS) is 25.8. The molecule has 1 unspecified atom stereocenters. The van der Waals surface area contributed by atoms with Crippen LogP contribution < -0.4 is 5.32 Å². The zero-order chi connectivity index (χ0) is 11.7. The number of hydrogen-bond acceptors (Lipinski definition) is 3. The van der Waals surface area contributed by atoms with E-state index in [-0.39, 0.29) is 24.9 Å². The summed E-state index contributed by atoms with van der Waals surface area (Å²) in [5, 5.41) is 2.56. The highest BCUT2D eigenvalue weighted by molar-refractivity contribution is 6.01. The molecule has 1 atom stereocenters. The molecule has 7 heteroatoms. The zero-order valence-corrected chi connectivity index (χ0v) is 8.49. The lowest BCUT2D eigenvalue weighted by Crippen LogP contribution is -2.57. The maximum atomic E-state index is 11.8. The lowest BCUT2D eigenvalue weighted by molar-refractivity contribution is -0.200. The number of likely N-dealkylation sites (tertiary alicyclic amines) is 1. The Morgan fingerprint density at radius 1 is 1.50 bits per heavy atom. The first-order valence-corrected chi connectivity index (χ1v) is 5.08. The molecule has 0 aromatic carbocycles. The highest BCUT2D eigenvalue weighted by Crippen LogP contribution is 2.20. The van der Waals surface area contributed by atoms with Gasteiger partial charge in [-0.3, -0.25) is 9.59 Å². The van der Waals surface area contributed by atoms with Gasteiger partial charge in [-0.25, -0.2) is 0 Å². The molecule has 0 bridgehead atoms. The van der Waals surface area contributed by atoms with Crippen LogP contribution in [0.2, 0.25) is 0 Å². The predicted octanol–water partition coefficient (Wildman–Crippen LogP) is -0.427. The first-order valence-electron chi connectivity index (χ1n) is 5.08. The molecule has 0 saturated carbocycles. The average molecular weight is 234 g/mol. The molecular weight excluding hydrogens is 222 g/mol. The van der Waals surface area contributed by atoms with Crippen LogP contribution in [0.1, 0.15) is 6.42 Å². The summed E-state index contributed by atoms with van der Waals surface area (Å²) in [6, 6.07) is 0. The predicted molar refractivity (Wildman–Crippen MR) is 48.6 cm³/mol. The molecule has 0 aromatic rings. The van der Waals surface area contributed by atoms with Crippen molar-refractivity contribution < 1.29 is 23.1 Å². The van der Waals surface area contributed by atoms with Gasteiger partial charge in [-0.1, -0.05) is 0 Å². The molecule has 2 heterocycles. The van der Waals surface area contributed by atoms with Crippen LogP contribution in [-0.2, 0) is 14.3 Å². The van der Waals surface area contributed by atoms with Crippen LogP contribution in [0.3, 0.4) is 0 Å². The van der Waals surface area contributed by atoms with Gasteiger partial charge in [0.15, 0.2) is 0 Å². The number of carbonyl (C=O) groups excluding carboxylic acids is 2. The van der Waals surface area contributed by atoms with Crippen LogP contribution in [0.15, 0.2) is 0 Å². The second-order valence-electron chi connectivity index (χ2n) is 3.89. The first kappa shape index (κ1) is 11.3. The van der Waals surface area contributed by atoms with Crippen LogP contribution >= 0.6 is 0 Å². The third-order valence-corrected chi connectivity index (χ3v) is 2.80. The molecule has 0 spiro atoms. The van der Waals surface area contributed by atoms with Gasteiger partial charge in [0.1, 0.15) is 5.92 Å². The summed E-state index contributed by atoms with van der Waals surface area (Å²) in [5.74, 6) is -1.21. The number of nitrogens with one attached hydrogen (secondary N) is 1. The summed E-state index contributed by atoms with van der Waals surface area (Å²) in [4.78, 5) is 24.3. The Kier molecular flexibility index (Phi) is 3.04. The van der Waals surface area contributed by atoms with E-state index < -0.39 is 18.6 Å². The molecule has 0 radical (unpaired) electrons. The number of hydrogen-bond donors (Lipinski definition) is 1. The fourth-order valence-electron chi connectivity index (χ4n) is 1.90. The molecule has 2 amide bonds. The molecule has 2 aliphatic rings. The SMILES string of the molecule is O=C1NCCC1C(=O)N1CC(OC(F)F)C1. The van der Waals surface area contributed by atoms with Crippen molar-refractivity contribution in [2.45, 2.75) is 19.1 Å². The molecule has 5 nitrogen and oxygen atoms in total. The fraction of sp³-hybridized carbons (Fsp3) is 0.778. The molecule has 2 rings (SSSR count). The van der Waals surface area contributed by atoms with Crippen LogP contribution in [-0.4, -0.2) is 49.1 Å². The number of nitrogens with zero attached hydrogens (tertiary/aromatic N) is 1. The van der Waals surface area contributed by atoms with Crippen LogP contribution in [0.5, 0.6) is 0 Å². The van der Waals surface area contributed by atoms with Gasteiger partial charge in [0.25, 0.3) is 0 Å². The highest BCUT2D eigenvalue weighted by atomic mass is 19.3. The Bertz CT molecular complexity index is 305. The molecule has 1 N–H and O–H groups in total. The number of rotatable bonds is 3. The first-order chi connectivity index (χ1) is 7.58. The minimum Gasteiger partial charge on any atom is -0.355 e. The molecule has 0 aliphatic carbocycles. The zero-order valence-electron chi connectivity index (χ0n) is 8.49. The summed E-state index contributed by atoms with van der Waals surface area (Å²) in [5.41, 5.74) is 0. The van der Waals surface area contributed by atoms with E-state index in [1.54, 1.807) is 0 Å². The van der Waals surface area contributed by atoms with E-state index in [2.05, 4.69) is 10.1 Å². The molecule has 90 valence electrons. The third kappa shape index (κ3) is 2.13. The monoisotopic (exact) mass is 234 g/mol. The van der Waals surface area contributed by atoms with Crippen LogP contribution in [0, 0.1) is 5.92 Å². The maximum absolute atomic E-state index is 11.8. The number of halogens is 2. The van der Waals surface area contributed by atoms with Gasteiger partial charge in [-0.15, -0.1) is 0 Å². The highest BCUT2D eigenvalue weighted by Gasteiger charge is 2.40. The molecular formula is C9H12F2N2O3. The summed E-state index contributed by atoms with van der Waals surface area (Å²) in [7, 11) is 0. The van der Waals surface area contributed by atoms with Crippen molar-refractivity contribution in [3.05, 3.63) is 0 Å². The quantitative estimate of drug-likeness (QED) is 0.674. The number of carbonyl (C=O) groups is 2. The van der Waals surface area contributed by atoms with Crippen molar-refractivity contribution in [2.75, 3.05) is 19.6 Å². The average Bonchev–Trinajstić information content (AvgIpc) is 2.56. The fourth-order valence-corrected chi connectivity index (χ4v) is 1.90. The van der Waals surface area contributed by atoms with Gasteiger partial charge in [-0.05, 0) is 6.42 Å². The van der Waals surface area contributed by atoms with Gasteiger partial charge in [-0.2, -0.15) is 8.78 Å². The molecule has 2 fully saturated rings. The van der Waals surface area contributed by atoms with Crippen molar-refractivity contribution in [1.82, 2.24) is 10.2 Å². The smallest absolute Gasteiger partial charge is 0.345 e. The molecule has 16 heavy (non-hydrogen) atoms. The minimum atomic E-state index is -2.81. The third-order valence-electron chi connectivity index (χ3n) is 2.80. The summed E-state index contributed by atoms with van der Waals surface area (Å²) >= 11 is 0. The second kappa shape index (κ2) is 4.32. The minimum absolute atomic E-state index is 0.146. The van der Waals surface area contributed by atoms with Crippen molar-refractivity contribution in [3.63, 3.8) is 0 Å². The van der Waals surface area contributed by atoms with Gasteiger partial charge in [0.05, 0.1) is 6.10 Å². The van der Waals surface area contributed by atoms with Crippen LogP contribution in [0.25, 0.3) is 0 Å². The van der Waals surface area contributed by atoms with Gasteiger partial charge in [0, 0.05) is 19.6 Å². The molecule has 2 aliphatic heterocycles. The second-order valence-corrected chi connectivity index (χ2v) is 3.89. The summed E-state index contributed by atoms with van der Waals surface area (Å²) < 4.78 is 27.8. The van der Waals surface area contributed by atoms with E-state index in [1.165, 1.54) is 4.90 Å². The lowest BCUT2D eigenvalue weighted by atomic mass is 10.0. The van der Waals surface area contributed by atoms with Crippen LogP contribution in [0.4, 0.5) is 8.78 Å². The van der Waals surface area contributed by atoms with E-state index >= 15 is 0 Å². The Morgan fingerprint density at radius 2 is 2.19 bits per heavy atom. The van der Waals surface area contributed by atoms with E-state index in [4.69, 9.17) is 0 Å². The van der Waals surface area contributed by atoms with Crippen molar-refractivity contribution in [1.29, 1.82) is 0 Å².